The van der Waals surface area contributed by atoms with E-state index in [1.165, 1.54) is 25.7 Å². The third-order valence-corrected chi connectivity index (χ3v) is 4.44. The third-order valence-electron chi connectivity index (χ3n) is 4.44. The van der Waals surface area contributed by atoms with Gasteiger partial charge in [0.25, 0.3) is 0 Å². The molecule has 1 aliphatic carbocycles. The Morgan fingerprint density at radius 1 is 1.05 bits per heavy atom. The SMILES string of the molecule is Cc1nc(C)c(-n2ccc(N3CCCC3)n2)nc1C1CC1. The van der Waals surface area contributed by atoms with Gasteiger partial charge in [-0.15, -0.1) is 5.10 Å². The van der Waals surface area contributed by atoms with Crippen LogP contribution >= 0.6 is 0 Å². The standard InChI is InChI=1S/C16H21N5/c1-11-15(13-5-6-13)18-16(12(2)17-11)21-10-7-14(19-21)20-8-3-4-9-20/h7,10,13H,3-6,8-9H2,1-2H3. The van der Waals surface area contributed by atoms with Crippen LogP contribution in [0.5, 0.6) is 0 Å². The molecule has 0 bridgehead atoms. The van der Waals surface area contributed by atoms with Crippen molar-refractivity contribution in [2.24, 2.45) is 0 Å². The minimum atomic E-state index is 0.616. The molecule has 2 aromatic rings. The van der Waals surface area contributed by atoms with E-state index in [1.807, 2.05) is 17.8 Å². The molecule has 0 unspecified atom stereocenters. The van der Waals surface area contributed by atoms with Crippen molar-refractivity contribution in [1.29, 1.82) is 0 Å². The van der Waals surface area contributed by atoms with Crippen molar-refractivity contribution in [3.63, 3.8) is 0 Å². The van der Waals surface area contributed by atoms with Crippen LogP contribution in [-0.4, -0.2) is 32.8 Å². The monoisotopic (exact) mass is 283 g/mol. The summed E-state index contributed by atoms with van der Waals surface area (Å²) in [5.74, 6) is 2.56. The lowest BCUT2D eigenvalue weighted by molar-refractivity contribution is 0.783. The zero-order valence-electron chi connectivity index (χ0n) is 12.7. The summed E-state index contributed by atoms with van der Waals surface area (Å²) in [5.41, 5.74) is 3.19. The Balaban J connectivity index is 1.70. The first-order valence-electron chi connectivity index (χ1n) is 7.88. The molecule has 0 N–H and O–H groups in total. The van der Waals surface area contributed by atoms with E-state index >= 15 is 0 Å². The molecule has 0 spiro atoms. The highest BCUT2D eigenvalue weighted by Gasteiger charge is 2.28. The van der Waals surface area contributed by atoms with Crippen LogP contribution in [0.15, 0.2) is 12.3 Å². The van der Waals surface area contributed by atoms with Crippen molar-refractivity contribution >= 4 is 5.82 Å². The van der Waals surface area contributed by atoms with Gasteiger partial charge in [0.15, 0.2) is 11.6 Å². The van der Waals surface area contributed by atoms with Gasteiger partial charge in [0.2, 0.25) is 0 Å². The third kappa shape index (κ3) is 2.30. The quantitative estimate of drug-likeness (QED) is 0.869. The molecule has 5 heteroatoms. The Morgan fingerprint density at radius 2 is 1.81 bits per heavy atom. The second-order valence-electron chi connectivity index (χ2n) is 6.19. The smallest absolute Gasteiger partial charge is 0.175 e. The second kappa shape index (κ2) is 4.83. The van der Waals surface area contributed by atoms with Gasteiger partial charge in [-0.3, -0.25) is 4.98 Å². The van der Waals surface area contributed by atoms with Gasteiger partial charge in [-0.25, -0.2) is 9.67 Å². The lowest BCUT2D eigenvalue weighted by atomic mass is 10.2. The number of hydrogen-bond donors (Lipinski definition) is 0. The zero-order chi connectivity index (χ0) is 14.4. The molecule has 1 aliphatic heterocycles. The number of nitrogens with zero attached hydrogens (tertiary/aromatic N) is 5. The van der Waals surface area contributed by atoms with Crippen molar-refractivity contribution in [2.75, 3.05) is 18.0 Å². The van der Waals surface area contributed by atoms with E-state index < -0.39 is 0 Å². The average molecular weight is 283 g/mol. The molecule has 0 aromatic carbocycles. The van der Waals surface area contributed by atoms with E-state index in [-0.39, 0.29) is 0 Å². The number of aromatic nitrogens is 4. The molecule has 0 amide bonds. The maximum atomic E-state index is 4.86. The Hall–Kier alpha value is -1.91. The molecule has 5 nitrogen and oxygen atoms in total. The predicted molar refractivity (Wildman–Crippen MR) is 82.1 cm³/mol. The van der Waals surface area contributed by atoms with Crippen LogP contribution in [0.3, 0.4) is 0 Å². The van der Waals surface area contributed by atoms with Crippen molar-refractivity contribution in [1.82, 2.24) is 19.7 Å². The highest BCUT2D eigenvalue weighted by molar-refractivity contribution is 5.41. The number of rotatable bonds is 3. The molecule has 110 valence electrons. The fourth-order valence-corrected chi connectivity index (χ4v) is 3.14. The van der Waals surface area contributed by atoms with E-state index in [2.05, 4.69) is 22.9 Å². The lowest BCUT2D eigenvalue weighted by Crippen LogP contribution is -2.18. The van der Waals surface area contributed by atoms with Crippen LogP contribution in [0, 0.1) is 13.8 Å². The zero-order valence-corrected chi connectivity index (χ0v) is 12.7. The number of aryl methyl sites for hydroxylation is 2. The van der Waals surface area contributed by atoms with Gasteiger partial charge in [0, 0.05) is 31.3 Å². The topological polar surface area (TPSA) is 46.8 Å². The Morgan fingerprint density at radius 3 is 2.52 bits per heavy atom. The first-order chi connectivity index (χ1) is 10.2. The minimum Gasteiger partial charge on any atom is -0.355 e. The minimum absolute atomic E-state index is 0.616. The van der Waals surface area contributed by atoms with Gasteiger partial charge in [-0.2, -0.15) is 0 Å². The van der Waals surface area contributed by atoms with Gasteiger partial charge in [-0.1, -0.05) is 0 Å². The van der Waals surface area contributed by atoms with E-state index in [4.69, 9.17) is 10.1 Å². The van der Waals surface area contributed by atoms with Gasteiger partial charge in [-0.05, 0) is 39.5 Å². The molecular formula is C16H21N5. The average Bonchev–Trinajstić information content (AvgIpc) is 2.98. The molecule has 2 aromatic heterocycles. The number of hydrogen-bond acceptors (Lipinski definition) is 4. The summed E-state index contributed by atoms with van der Waals surface area (Å²) in [6.45, 7) is 6.31. The first-order valence-corrected chi connectivity index (χ1v) is 7.88. The summed E-state index contributed by atoms with van der Waals surface area (Å²) in [6.07, 6.45) is 7.03. The van der Waals surface area contributed by atoms with Gasteiger partial charge < -0.3 is 4.90 Å². The Bertz CT molecular complexity index is 665. The maximum Gasteiger partial charge on any atom is 0.175 e. The van der Waals surface area contributed by atoms with Crippen molar-refractivity contribution in [3.8, 4) is 5.82 Å². The maximum absolute atomic E-state index is 4.86. The van der Waals surface area contributed by atoms with Crippen LogP contribution < -0.4 is 4.90 Å². The van der Waals surface area contributed by atoms with E-state index in [1.54, 1.807) is 0 Å². The molecule has 4 rings (SSSR count). The molecule has 1 saturated heterocycles. The predicted octanol–water partition coefficient (Wildman–Crippen LogP) is 2.76. The van der Waals surface area contributed by atoms with Crippen LogP contribution in [0.25, 0.3) is 5.82 Å². The lowest BCUT2D eigenvalue weighted by Gasteiger charge is -2.13. The van der Waals surface area contributed by atoms with Gasteiger partial charge in [0.05, 0.1) is 17.1 Å². The molecule has 21 heavy (non-hydrogen) atoms. The molecular weight excluding hydrogens is 262 g/mol. The molecule has 1 saturated carbocycles. The number of anilines is 1. The molecule has 3 heterocycles. The second-order valence-corrected chi connectivity index (χ2v) is 6.19. The van der Waals surface area contributed by atoms with Crippen molar-refractivity contribution in [2.45, 2.75) is 45.4 Å². The molecule has 0 radical (unpaired) electrons. The van der Waals surface area contributed by atoms with Crippen LogP contribution in [0.1, 0.15) is 48.7 Å². The highest BCUT2D eigenvalue weighted by Crippen LogP contribution is 2.40. The summed E-state index contributed by atoms with van der Waals surface area (Å²) >= 11 is 0. The summed E-state index contributed by atoms with van der Waals surface area (Å²) in [5, 5.41) is 4.71. The van der Waals surface area contributed by atoms with Gasteiger partial charge in [0.1, 0.15) is 0 Å². The summed E-state index contributed by atoms with van der Waals surface area (Å²) in [7, 11) is 0. The molecule has 0 atom stereocenters. The Kier molecular flexibility index (Phi) is 2.94. The van der Waals surface area contributed by atoms with Crippen LogP contribution in [0.4, 0.5) is 5.82 Å². The van der Waals surface area contributed by atoms with E-state index in [9.17, 15) is 0 Å². The first kappa shape index (κ1) is 12.8. The van der Waals surface area contributed by atoms with E-state index in [0.717, 1.165) is 41.8 Å². The summed E-state index contributed by atoms with van der Waals surface area (Å²) in [6, 6.07) is 2.09. The van der Waals surface area contributed by atoms with Crippen LogP contribution in [0.2, 0.25) is 0 Å². The van der Waals surface area contributed by atoms with Crippen molar-refractivity contribution in [3.05, 3.63) is 29.3 Å². The molecule has 2 fully saturated rings. The van der Waals surface area contributed by atoms with E-state index in [0.29, 0.717) is 5.92 Å². The normalized spacial score (nSPS) is 18.5. The highest BCUT2D eigenvalue weighted by atomic mass is 15.4. The Labute approximate surface area is 125 Å². The fraction of sp³-hybridized carbons (Fsp3) is 0.562. The van der Waals surface area contributed by atoms with Crippen LogP contribution in [-0.2, 0) is 0 Å². The van der Waals surface area contributed by atoms with Gasteiger partial charge >= 0.3 is 0 Å². The summed E-state index contributed by atoms with van der Waals surface area (Å²) in [4.78, 5) is 11.9. The fourth-order valence-electron chi connectivity index (χ4n) is 3.14. The van der Waals surface area contributed by atoms with Crippen molar-refractivity contribution < 1.29 is 0 Å². The summed E-state index contributed by atoms with van der Waals surface area (Å²) < 4.78 is 1.89. The molecule has 2 aliphatic rings. The largest absolute Gasteiger partial charge is 0.355 e.